The van der Waals surface area contributed by atoms with Gasteiger partial charge in [-0.15, -0.1) is 0 Å². The van der Waals surface area contributed by atoms with Crippen LogP contribution in [0.5, 0.6) is 0 Å². The molecule has 1 aromatic carbocycles. The third-order valence-corrected chi connectivity index (χ3v) is 3.28. The fraction of sp³-hybridized carbons (Fsp3) is 0.455. The molecule has 0 aliphatic heterocycles. The lowest BCUT2D eigenvalue weighted by Gasteiger charge is -2.35. The van der Waals surface area contributed by atoms with E-state index in [0.717, 1.165) is 18.4 Å². The molecule has 0 amide bonds. The molecule has 1 aromatic rings. The molecule has 3 heteroatoms. The molecule has 0 bridgehead atoms. The van der Waals surface area contributed by atoms with Crippen LogP contribution in [0.2, 0.25) is 5.02 Å². The minimum Gasteiger partial charge on any atom is -0.317 e. The smallest absolute Gasteiger partial charge is 0.124 e. The third-order valence-electron chi connectivity index (χ3n) is 2.95. The van der Waals surface area contributed by atoms with Crippen LogP contribution in [0.3, 0.4) is 0 Å². The summed E-state index contributed by atoms with van der Waals surface area (Å²) in [6, 6.07) is 5.27. The summed E-state index contributed by atoms with van der Waals surface area (Å²) in [7, 11) is 1.97. The largest absolute Gasteiger partial charge is 0.317 e. The molecule has 0 heterocycles. The van der Waals surface area contributed by atoms with Gasteiger partial charge in [-0.3, -0.25) is 0 Å². The van der Waals surface area contributed by atoms with E-state index >= 15 is 0 Å². The van der Waals surface area contributed by atoms with Crippen molar-refractivity contribution >= 4 is 11.6 Å². The second kappa shape index (κ2) is 3.87. The Morgan fingerprint density at radius 2 is 2.14 bits per heavy atom. The minimum absolute atomic E-state index is 0.261. The summed E-state index contributed by atoms with van der Waals surface area (Å²) < 4.78 is 12.8. The minimum atomic E-state index is -0.261. The van der Waals surface area contributed by atoms with E-state index in [1.165, 1.54) is 12.1 Å². The lowest BCUT2D eigenvalue weighted by atomic mass is 9.76. The molecule has 0 radical (unpaired) electrons. The first-order valence-electron chi connectivity index (χ1n) is 4.83. The summed E-state index contributed by atoms with van der Waals surface area (Å²) in [5.74, 6) is 0.240. The molecule has 76 valence electrons. The molecule has 1 fully saturated rings. The summed E-state index contributed by atoms with van der Waals surface area (Å²) in [5, 5.41) is 3.77. The SMILES string of the molecule is CNC1CC(c2ccc(F)cc2Cl)C1. The second-order valence-corrected chi connectivity index (χ2v) is 4.23. The molecular formula is C11H13ClFN. The Morgan fingerprint density at radius 3 is 2.71 bits per heavy atom. The zero-order chi connectivity index (χ0) is 10.1. The maximum atomic E-state index is 12.8. The van der Waals surface area contributed by atoms with Crippen molar-refractivity contribution in [3.8, 4) is 0 Å². The van der Waals surface area contributed by atoms with Crippen LogP contribution in [-0.4, -0.2) is 13.1 Å². The normalized spacial score (nSPS) is 25.9. The Kier molecular flexibility index (Phi) is 2.75. The molecule has 1 saturated carbocycles. The van der Waals surface area contributed by atoms with Crippen LogP contribution in [0.4, 0.5) is 4.39 Å². The van der Waals surface area contributed by atoms with E-state index in [9.17, 15) is 4.39 Å². The van der Waals surface area contributed by atoms with E-state index < -0.39 is 0 Å². The summed E-state index contributed by atoms with van der Waals surface area (Å²) in [5.41, 5.74) is 1.08. The lowest BCUT2D eigenvalue weighted by molar-refractivity contribution is 0.307. The lowest BCUT2D eigenvalue weighted by Crippen LogP contribution is -2.37. The zero-order valence-corrected chi connectivity index (χ0v) is 8.81. The summed E-state index contributed by atoms with van der Waals surface area (Å²) in [6.45, 7) is 0. The van der Waals surface area contributed by atoms with Gasteiger partial charge < -0.3 is 5.32 Å². The molecule has 1 aliphatic carbocycles. The topological polar surface area (TPSA) is 12.0 Å². The highest BCUT2D eigenvalue weighted by molar-refractivity contribution is 6.31. The van der Waals surface area contributed by atoms with Crippen LogP contribution < -0.4 is 5.32 Å². The molecule has 2 rings (SSSR count). The standard InChI is InChI=1S/C11H13ClFN/c1-14-9-4-7(5-9)10-3-2-8(13)6-11(10)12/h2-3,6-7,9,14H,4-5H2,1H3. The Labute approximate surface area is 88.3 Å². The van der Waals surface area contributed by atoms with Crippen molar-refractivity contribution in [1.82, 2.24) is 5.32 Å². The van der Waals surface area contributed by atoms with Gasteiger partial charge in [0, 0.05) is 11.1 Å². The Morgan fingerprint density at radius 1 is 1.43 bits per heavy atom. The van der Waals surface area contributed by atoms with Gasteiger partial charge in [-0.2, -0.15) is 0 Å². The Hall–Kier alpha value is -0.600. The second-order valence-electron chi connectivity index (χ2n) is 3.82. The van der Waals surface area contributed by atoms with Gasteiger partial charge in [0.1, 0.15) is 5.82 Å². The summed E-state index contributed by atoms with van der Waals surface area (Å²) in [6.07, 6.45) is 2.20. The van der Waals surface area contributed by atoms with Crippen molar-refractivity contribution in [3.05, 3.63) is 34.6 Å². The van der Waals surface area contributed by atoms with Gasteiger partial charge in [0.25, 0.3) is 0 Å². The highest BCUT2D eigenvalue weighted by Gasteiger charge is 2.30. The van der Waals surface area contributed by atoms with Crippen molar-refractivity contribution in [2.45, 2.75) is 24.8 Å². The van der Waals surface area contributed by atoms with Crippen molar-refractivity contribution < 1.29 is 4.39 Å². The molecule has 1 N–H and O–H groups in total. The number of halogens is 2. The predicted octanol–water partition coefficient (Wildman–Crippen LogP) is 2.94. The molecule has 0 spiro atoms. The molecule has 0 saturated heterocycles. The number of hydrogen-bond acceptors (Lipinski definition) is 1. The number of rotatable bonds is 2. The van der Waals surface area contributed by atoms with Crippen molar-refractivity contribution in [2.75, 3.05) is 7.05 Å². The van der Waals surface area contributed by atoms with Crippen LogP contribution in [0.25, 0.3) is 0 Å². The highest BCUT2D eigenvalue weighted by Crippen LogP contribution is 2.39. The first-order chi connectivity index (χ1) is 6.70. The first-order valence-corrected chi connectivity index (χ1v) is 5.20. The van der Waals surface area contributed by atoms with E-state index in [0.29, 0.717) is 17.0 Å². The third kappa shape index (κ3) is 1.77. The van der Waals surface area contributed by atoms with Gasteiger partial charge in [0.2, 0.25) is 0 Å². The summed E-state index contributed by atoms with van der Waals surface area (Å²) >= 11 is 5.97. The van der Waals surface area contributed by atoms with E-state index in [1.807, 2.05) is 7.05 Å². The van der Waals surface area contributed by atoms with Gasteiger partial charge in [0.05, 0.1) is 0 Å². The van der Waals surface area contributed by atoms with Crippen LogP contribution >= 0.6 is 11.6 Å². The van der Waals surface area contributed by atoms with Crippen LogP contribution in [0.1, 0.15) is 24.3 Å². The molecule has 0 unspecified atom stereocenters. The molecule has 0 aromatic heterocycles. The van der Waals surface area contributed by atoms with Crippen LogP contribution in [-0.2, 0) is 0 Å². The van der Waals surface area contributed by atoms with Gasteiger partial charge in [-0.25, -0.2) is 4.39 Å². The first kappa shape index (κ1) is 9.94. The zero-order valence-electron chi connectivity index (χ0n) is 8.06. The van der Waals surface area contributed by atoms with E-state index in [4.69, 9.17) is 11.6 Å². The van der Waals surface area contributed by atoms with E-state index in [2.05, 4.69) is 5.32 Å². The maximum absolute atomic E-state index is 12.8. The monoisotopic (exact) mass is 213 g/mol. The molecule has 14 heavy (non-hydrogen) atoms. The van der Waals surface area contributed by atoms with Crippen LogP contribution in [0, 0.1) is 5.82 Å². The van der Waals surface area contributed by atoms with Crippen LogP contribution in [0.15, 0.2) is 18.2 Å². The Balaban J connectivity index is 2.11. The van der Waals surface area contributed by atoms with E-state index in [-0.39, 0.29) is 5.82 Å². The van der Waals surface area contributed by atoms with Crippen molar-refractivity contribution in [2.24, 2.45) is 0 Å². The van der Waals surface area contributed by atoms with Gasteiger partial charge in [-0.1, -0.05) is 17.7 Å². The highest BCUT2D eigenvalue weighted by atomic mass is 35.5. The Bertz CT molecular complexity index is 334. The number of hydrogen-bond donors (Lipinski definition) is 1. The van der Waals surface area contributed by atoms with E-state index in [1.54, 1.807) is 6.07 Å². The molecule has 1 aliphatic rings. The van der Waals surface area contributed by atoms with Crippen molar-refractivity contribution in [1.29, 1.82) is 0 Å². The molecule has 1 nitrogen and oxygen atoms in total. The van der Waals surface area contributed by atoms with Gasteiger partial charge in [-0.05, 0) is 43.5 Å². The fourth-order valence-electron chi connectivity index (χ4n) is 1.94. The van der Waals surface area contributed by atoms with Crippen molar-refractivity contribution in [3.63, 3.8) is 0 Å². The summed E-state index contributed by atoms with van der Waals surface area (Å²) in [4.78, 5) is 0. The van der Waals surface area contributed by atoms with Gasteiger partial charge >= 0.3 is 0 Å². The average molecular weight is 214 g/mol. The fourth-order valence-corrected chi connectivity index (χ4v) is 2.26. The number of nitrogens with one attached hydrogen (secondary N) is 1. The molecule has 0 atom stereocenters. The maximum Gasteiger partial charge on any atom is 0.124 e. The average Bonchev–Trinajstić information content (AvgIpc) is 2.06. The quantitative estimate of drug-likeness (QED) is 0.797. The van der Waals surface area contributed by atoms with Gasteiger partial charge in [0.15, 0.2) is 0 Å². The predicted molar refractivity (Wildman–Crippen MR) is 56.2 cm³/mol. The molecular weight excluding hydrogens is 201 g/mol. The number of benzene rings is 1.